The number of carbonyl (C=O) groups is 1. The summed E-state index contributed by atoms with van der Waals surface area (Å²) in [6.07, 6.45) is -5.07. The van der Waals surface area contributed by atoms with E-state index in [1.807, 2.05) is 5.43 Å². The SMILES string of the molecule is O=C(C=NNc1cc(O)c(Br)cc1F)C(F)(F)F. The third-order valence-electron chi connectivity index (χ3n) is 1.68. The molecule has 0 aliphatic heterocycles. The molecule has 0 aliphatic rings. The first kappa shape index (κ1) is 14.4. The molecular weight excluding hydrogens is 324 g/mol. The predicted molar refractivity (Wildman–Crippen MR) is 58.9 cm³/mol. The summed E-state index contributed by atoms with van der Waals surface area (Å²) in [7, 11) is 0. The Morgan fingerprint density at radius 1 is 1.44 bits per heavy atom. The van der Waals surface area contributed by atoms with Crippen LogP contribution in [-0.4, -0.2) is 23.3 Å². The normalized spacial score (nSPS) is 11.8. The van der Waals surface area contributed by atoms with E-state index in [1.54, 1.807) is 0 Å². The Balaban J connectivity index is 2.79. The van der Waals surface area contributed by atoms with Crippen LogP contribution in [0.15, 0.2) is 21.7 Å². The summed E-state index contributed by atoms with van der Waals surface area (Å²) in [4.78, 5) is 10.4. The van der Waals surface area contributed by atoms with Crippen molar-refractivity contribution in [2.24, 2.45) is 5.10 Å². The molecule has 1 rings (SSSR count). The number of hydrogen-bond acceptors (Lipinski definition) is 4. The molecule has 0 atom stereocenters. The van der Waals surface area contributed by atoms with Crippen LogP contribution in [0.4, 0.5) is 23.2 Å². The van der Waals surface area contributed by atoms with Gasteiger partial charge in [-0.3, -0.25) is 10.2 Å². The van der Waals surface area contributed by atoms with Crippen molar-refractivity contribution in [2.75, 3.05) is 5.43 Å². The fourth-order valence-electron chi connectivity index (χ4n) is 0.857. The number of anilines is 1. The van der Waals surface area contributed by atoms with E-state index in [1.165, 1.54) is 0 Å². The zero-order valence-corrected chi connectivity index (χ0v) is 10.0. The summed E-state index contributed by atoms with van der Waals surface area (Å²) in [6, 6.07) is 1.79. The molecule has 18 heavy (non-hydrogen) atoms. The van der Waals surface area contributed by atoms with E-state index in [0.29, 0.717) is 0 Å². The second-order valence-electron chi connectivity index (χ2n) is 3.02. The van der Waals surface area contributed by atoms with Gasteiger partial charge in [-0.2, -0.15) is 18.3 Å². The number of phenolic OH excluding ortho intramolecular Hbond substituents is 1. The van der Waals surface area contributed by atoms with Crippen molar-refractivity contribution in [1.29, 1.82) is 0 Å². The molecule has 9 heteroatoms. The van der Waals surface area contributed by atoms with Crippen LogP contribution in [0.2, 0.25) is 0 Å². The Morgan fingerprint density at radius 2 is 2.06 bits per heavy atom. The molecule has 0 unspecified atom stereocenters. The maximum atomic E-state index is 13.2. The van der Waals surface area contributed by atoms with E-state index in [9.17, 15) is 27.5 Å². The number of halogens is 5. The zero-order chi connectivity index (χ0) is 13.9. The van der Waals surface area contributed by atoms with E-state index >= 15 is 0 Å². The number of aromatic hydroxyl groups is 1. The van der Waals surface area contributed by atoms with Crippen LogP contribution in [0.3, 0.4) is 0 Å². The summed E-state index contributed by atoms with van der Waals surface area (Å²) >= 11 is 2.84. The van der Waals surface area contributed by atoms with Crippen molar-refractivity contribution in [3.8, 4) is 5.75 Å². The van der Waals surface area contributed by atoms with Gasteiger partial charge in [0, 0.05) is 6.07 Å². The number of nitrogens with one attached hydrogen (secondary N) is 1. The minimum atomic E-state index is -5.04. The molecule has 0 fully saturated rings. The van der Waals surface area contributed by atoms with Gasteiger partial charge < -0.3 is 5.11 Å². The summed E-state index contributed by atoms with van der Waals surface area (Å²) in [5, 5.41) is 12.1. The van der Waals surface area contributed by atoms with Crippen molar-refractivity contribution in [2.45, 2.75) is 6.18 Å². The summed E-state index contributed by atoms with van der Waals surface area (Å²) < 4.78 is 48.6. The lowest BCUT2D eigenvalue weighted by molar-refractivity contribution is -0.162. The molecule has 1 aromatic carbocycles. The number of nitrogens with zero attached hydrogens (tertiary/aromatic N) is 1. The van der Waals surface area contributed by atoms with E-state index < -0.39 is 17.8 Å². The molecule has 4 nitrogen and oxygen atoms in total. The topological polar surface area (TPSA) is 61.7 Å². The van der Waals surface area contributed by atoms with Gasteiger partial charge in [0.25, 0.3) is 5.78 Å². The first-order valence-corrected chi connectivity index (χ1v) is 5.09. The highest BCUT2D eigenvalue weighted by Crippen LogP contribution is 2.29. The first-order chi connectivity index (χ1) is 8.21. The number of rotatable bonds is 3. The highest BCUT2D eigenvalue weighted by molar-refractivity contribution is 9.10. The number of phenols is 1. The largest absolute Gasteiger partial charge is 0.507 e. The Morgan fingerprint density at radius 3 is 2.61 bits per heavy atom. The van der Waals surface area contributed by atoms with Crippen LogP contribution < -0.4 is 5.43 Å². The third-order valence-corrected chi connectivity index (χ3v) is 2.32. The van der Waals surface area contributed by atoms with Crippen molar-refractivity contribution in [3.63, 3.8) is 0 Å². The number of carbonyl (C=O) groups excluding carboxylic acids is 1. The van der Waals surface area contributed by atoms with E-state index in [0.717, 1.165) is 12.1 Å². The van der Waals surface area contributed by atoms with Crippen LogP contribution in [0, 0.1) is 5.82 Å². The van der Waals surface area contributed by atoms with Gasteiger partial charge in [-0.05, 0) is 22.0 Å². The van der Waals surface area contributed by atoms with Crippen LogP contribution in [0.5, 0.6) is 5.75 Å². The Kier molecular flexibility index (Phi) is 4.28. The molecule has 0 aromatic heterocycles. The van der Waals surface area contributed by atoms with E-state index in [2.05, 4.69) is 21.0 Å². The van der Waals surface area contributed by atoms with Gasteiger partial charge in [-0.25, -0.2) is 4.39 Å². The van der Waals surface area contributed by atoms with Gasteiger partial charge in [0.2, 0.25) is 0 Å². The van der Waals surface area contributed by atoms with Gasteiger partial charge in [-0.1, -0.05) is 0 Å². The standard InChI is InChI=1S/C9H5BrF4N2O2/c10-4-1-5(11)6(2-7(4)17)16-15-3-8(18)9(12,13)14/h1-3,16-17H. The van der Waals surface area contributed by atoms with E-state index in [-0.39, 0.29) is 22.1 Å². The maximum absolute atomic E-state index is 13.2. The Labute approximate surface area is 106 Å². The number of Topliss-reactive ketones (excluding diaryl/α,β-unsaturated/α-hetero) is 1. The number of hydrogen-bond donors (Lipinski definition) is 2. The molecule has 0 aliphatic carbocycles. The van der Waals surface area contributed by atoms with Crippen LogP contribution >= 0.6 is 15.9 Å². The average molecular weight is 329 g/mol. The molecule has 0 spiro atoms. The van der Waals surface area contributed by atoms with Crippen LogP contribution in [-0.2, 0) is 4.79 Å². The van der Waals surface area contributed by atoms with Gasteiger partial charge >= 0.3 is 6.18 Å². The first-order valence-electron chi connectivity index (χ1n) is 4.30. The molecule has 0 radical (unpaired) electrons. The van der Waals surface area contributed by atoms with Crippen molar-refractivity contribution < 1.29 is 27.5 Å². The average Bonchev–Trinajstić information content (AvgIpc) is 2.23. The quantitative estimate of drug-likeness (QED) is 0.509. The summed E-state index contributed by atoms with van der Waals surface area (Å²) in [5.74, 6) is -3.38. The minimum Gasteiger partial charge on any atom is -0.507 e. The molecule has 0 saturated carbocycles. The second kappa shape index (κ2) is 5.34. The lowest BCUT2D eigenvalue weighted by atomic mass is 10.3. The lowest BCUT2D eigenvalue weighted by Gasteiger charge is -2.04. The van der Waals surface area contributed by atoms with Crippen LogP contribution in [0.25, 0.3) is 0 Å². The number of ketones is 1. The number of alkyl halides is 3. The molecule has 0 amide bonds. The minimum absolute atomic E-state index is 0.0292. The van der Waals surface area contributed by atoms with Gasteiger partial charge in [0.1, 0.15) is 11.6 Å². The van der Waals surface area contributed by atoms with Gasteiger partial charge in [0.05, 0.1) is 16.4 Å². The zero-order valence-electron chi connectivity index (χ0n) is 8.42. The van der Waals surface area contributed by atoms with Crippen molar-refractivity contribution in [1.82, 2.24) is 0 Å². The molecule has 1 aromatic rings. The van der Waals surface area contributed by atoms with Crippen molar-refractivity contribution in [3.05, 3.63) is 22.4 Å². The molecule has 2 N–H and O–H groups in total. The van der Waals surface area contributed by atoms with Gasteiger partial charge in [-0.15, -0.1) is 0 Å². The molecule has 0 bridgehead atoms. The van der Waals surface area contributed by atoms with Crippen LogP contribution in [0.1, 0.15) is 0 Å². The highest BCUT2D eigenvalue weighted by Gasteiger charge is 2.36. The van der Waals surface area contributed by atoms with Crippen molar-refractivity contribution >= 4 is 33.6 Å². The predicted octanol–water partition coefficient (Wildman–Crippen LogP) is 2.82. The fourth-order valence-corrected chi connectivity index (χ4v) is 1.17. The molecule has 0 heterocycles. The fraction of sp³-hybridized carbons (Fsp3) is 0.111. The maximum Gasteiger partial charge on any atom is 0.455 e. The Hall–Kier alpha value is -1.64. The molecular formula is C9H5BrF4N2O2. The number of benzene rings is 1. The second-order valence-corrected chi connectivity index (χ2v) is 3.87. The third kappa shape index (κ3) is 3.69. The molecule has 0 saturated heterocycles. The molecule has 98 valence electrons. The lowest BCUT2D eigenvalue weighted by Crippen LogP contribution is -2.23. The monoisotopic (exact) mass is 328 g/mol. The van der Waals surface area contributed by atoms with E-state index in [4.69, 9.17) is 0 Å². The smallest absolute Gasteiger partial charge is 0.455 e. The Bertz CT molecular complexity index is 502. The highest BCUT2D eigenvalue weighted by atomic mass is 79.9. The summed E-state index contributed by atoms with van der Waals surface area (Å²) in [5.41, 5.74) is 1.50. The van der Waals surface area contributed by atoms with Gasteiger partial charge in [0.15, 0.2) is 0 Å². The number of hydrazone groups is 1. The summed E-state index contributed by atoms with van der Waals surface area (Å²) in [6.45, 7) is 0.